The Kier molecular flexibility index (Phi) is 7.58. The Balaban J connectivity index is 1.21. The number of nitrogens with zero attached hydrogens (tertiary/aromatic N) is 3. The third-order valence-corrected chi connectivity index (χ3v) is 10.8. The van der Waals surface area contributed by atoms with Crippen molar-refractivity contribution in [1.82, 2.24) is 4.57 Å². The number of hydrogen-bond donors (Lipinski definition) is 0. The average molecular weight is 698 g/mol. The van der Waals surface area contributed by atoms with Crippen LogP contribution in [-0.2, 0) is 0 Å². The first kappa shape index (κ1) is 32.0. The van der Waals surface area contributed by atoms with E-state index in [-0.39, 0.29) is 0 Å². The molecule has 10 aromatic rings. The van der Waals surface area contributed by atoms with Crippen molar-refractivity contribution in [3.05, 3.63) is 199 Å². The summed E-state index contributed by atoms with van der Waals surface area (Å²) in [5, 5.41) is 28.0. The van der Waals surface area contributed by atoms with E-state index in [4.69, 9.17) is 0 Å². The van der Waals surface area contributed by atoms with E-state index in [2.05, 4.69) is 174 Å². The predicted octanol–water partition coefficient (Wildman–Crippen LogP) is 13.5. The van der Waals surface area contributed by atoms with Crippen LogP contribution in [0.25, 0.3) is 93.5 Å². The Morgan fingerprint density at radius 1 is 0.345 bits per heavy atom. The van der Waals surface area contributed by atoms with Crippen molar-refractivity contribution < 1.29 is 0 Å². The van der Waals surface area contributed by atoms with Gasteiger partial charge < -0.3 is 4.57 Å². The van der Waals surface area contributed by atoms with Gasteiger partial charge in [-0.25, -0.2) is 0 Å². The highest BCUT2D eigenvalue weighted by molar-refractivity contribution is 6.21. The first-order valence-corrected chi connectivity index (χ1v) is 18.4. The van der Waals surface area contributed by atoms with Crippen LogP contribution in [0.4, 0.5) is 0 Å². The Hall–Kier alpha value is -7.72. The van der Waals surface area contributed by atoms with Crippen LogP contribution in [0.15, 0.2) is 188 Å². The standard InChI is InChI=1S/C52H31N3/c53-32-34-28-38(30-39(29-34)52-46-23-6-4-21-44(46)51(35-14-2-1-3-15-35)45-22-5-7-24-47(45)52)41-25-13-17-37(33-54)50(41)36-16-12-18-40(31-36)55-48-26-10-8-19-42(48)43-20-9-11-27-49(43)55/h1-31H. The molecular weight excluding hydrogens is 667 g/mol. The molecule has 1 heterocycles. The maximum atomic E-state index is 10.6. The summed E-state index contributed by atoms with van der Waals surface area (Å²) in [6, 6.07) is 70.1. The molecule has 1 aromatic heterocycles. The summed E-state index contributed by atoms with van der Waals surface area (Å²) in [5.74, 6) is 0. The number of fused-ring (bicyclic) bond motifs is 5. The lowest BCUT2D eigenvalue weighted by molar-refractivity contribution is 1.18. The van der Waals surface area contributed by atoms with Crippen molar-refractivity contribution in [1.29, 1.82) is 10.5 Å². The van der Waals surface area contributed by atoms with Crippen LogP contribution in [0.3, 0.4) is 0 Å². The lowest BCUT2D eigenvalue weighted by Gasteiger charge is -2.19. The first-order chi connectivity index (χ1) is 27.2. The van der Waals surface area contributed by atoms with E-state index in [1.165, 1.54) is 16.3 Å². The second-order valence-electron chi connectivity index (χ2n) is 13.9. The second-order valence-corrected chi connectivity index (χ2v) is 13.9. The fourth-order valence-corrected chi connectivity index (χ4v) is 8.55. The zero-order valence-electron chi connectivity index (χ0n) is 29.7. The summed E-state index contributed by atoms with van der Waals surface area (Å²) in [7, 11) is 0. The highest BCUT2D eigenvalue weighted by Crippen LogP contribution is 2.45. The van der Waals surface area contributed by atoms with Crippen molar-refractivity contribution in [3.63, 3.8) is 0 Å². The van der Waals surface area contributed by atoms with Crippen molar-refractivity contribution >= 4 is 43.4 Å². The zero-order valence-corrected chi connectivity index (χ0v) is 29.7. The summed E-state index contributed by atoms with van der Waals surface area (Å²) >= 11 is 0. The molecule has 9 aromatic carbocycles. The Morgan fingerprint density at radius 2 is 0.855 bits per heavy atom. The summed E-state index contributed by atoms with van der Waals surface area (Å²) in [5.41, 5.74) is 12.3. The van der Waals surface area contributed by atoms with Gasteiger partial charge in [-0.3, -0.25) is 0 Å². The number of para-hydroxylation sites is 2. The van der Waals surface area contributed by atoms with Crippen LogP contribution >= 0.6 is 0 Å². The third kappa shape index (κ3) is 5.19. The normalized spacial score (nSPS) is 11.2. The molecule has 0 aliphatic rings. The molecule has 10 rings (SSSR count). The van der Waals surface area contributed by atoms with Crippen LogP contribution < -0.4 is 0 Å². The molecule has 0 fully saturated rings. The molecule has 254 valence electrons. The van der Waals surface area contributed by atoms with Gasteiger partial charge in [0.2, 0.25) is 0 Å². The largest absolute Gasteiger partial charge is 0.309 e. The molecule has 0 aliphatic carbocycles. The molecule has 0 N–H and O–H groups in total. The quantitative estimate of drug-likeness (QED) is 0.168. The molecule has 0 aliphatic heterocycles. The molecule has 0 saturated heterocycles. The van der Waals surface area contributed by atoms with Gasteiger partial charge >= 0.3 is 0 Å². The second kappa shape index (κ2) is 13.0. The van der Waals surface area contributed by atoms with Gasteiger partial charge in [-0.15, -0.1) is 0 Å². The molecule has 0 unspecified atom stereocenters. The Bertz CT molecular complexity index is 3120. The Labute approximate surface area is 318 Å². The number of nitriles is 2. The van der Waals surface area contributed by atoms with Crippen LogP contribution in [0, 0.1) is 22.7 Å². The molecule has 0 atom stereocenters. The molecular formula is C52H31N3. The molecule has 0 saturated carbocycles. The minimum atomic E-state index is 0.556. The van der Waals surface area contributed by atoms with Crippen LogP contribution in [-0.4, -0.2) is 4.57 Å². The van der Waals surface area contributed by atoms with Crippen molar-refractivity contribution in [3.8, 4) is 62.3 Å². The van der Waals surface area contributed by atoms with E-state index < -0.39 is 0 Å². The van der Waals surface area contributed by atoms with Crippen LogP contribution in [0.1, 0.15) is 11.1 Å². The molecule has 55 heavy (non-hydrogen) atoms. The van der Waals surface area contributed by atoms with E-state index in [0.29, 0.717) is 11.1 Å². The number of hydrogen-bond acceptors (Lipinski definition) is 2. The number of aromatic nitrogens is 1. The van der Waals surface area contributed by atoms with E-state index in [0.717, 1.165) is 77.2 Å². The monoisotopic (exact) mass is 697 g/mol. The molecule has 0 radical (unpaired) electrons. The Morgan fingerprint density at radius 3 is 1.45 bits per heavy atom. The van der Waals surface area contributed by atoms with Gasteiger partial charge in [0, 0.05) is 22.0 Å². The maximum Gasteiger partial charge on any atom is 0.0998 e. The summed E-state index contributed by atoms with van der Waals surface area (Å²) in [6.45, 7) is 0. The molecule has 3 heteroatoms. The SMILES string of the molecule is N#Cc1cc(-c2cccc(C#N)c2-c2cccc(-n3c4ccccc4c4ccccc43)c2)cc(-c2c3ccccc3c(-c3ccccc3)c3ccccc23)c1. The van der Waals surface area contributed by atoms with Gasteiger partial charge in [0.25, 0.3) is 0 Å². The summed E-state index contributed by atoms with van der Waals surface area (Å²) in [4.78, 5) is 0. The minimum absolute atomic E-state index is 0.556. The maximum absolute atomic E-state index is 10.6. The minimum Gasteiger partial charge on any atom is -0.309 e. The van der Waals surface area contributed by atoms with E-state index in [1.807, 2.05) is 30.3 Å². The van der Waals surface area contributed by atoms with Crippen molar-refractivity contribution in [2.45, 2.75) is 0 Å². The van der Waals surface area contributed by atoms with Gasteiger partial charge in [0.05, 0.1) is 34.3 Å². The topological polar surface area (TPSA) is 52.5 Å². The van der Waals surface area contributed by atoms with Crippen molar-refractivity contribution in [2.75, 3.05) is 0 Å². The highest BCUT2D eigenvalue weighted by Gasteiger charge is 2.20. The van der Waals surface area contributed by atoms with Crippen molar-refractivity contribution in [2.24, 2.45) is 0 Å². The van der Waals surface area contributed by atoms with Gasteiger partial charge in [-0.05, 0) is 109 Å². The zero-order chi connectivity index (χ0) is 36.9. The summed E-state index contributed by atoms with van der Waals surface area (Å²) in [6.07, 6.45) is 0. The fraction of sp³-hybridized carbons (Fsp3) is 0. The predicted molar refractivity (Wildman–Crippen MR) is 227 cm³/mol. The van der Waals surface area contributed by atoms with Gasteiger partial charge in [0.15, 0.2) is 0 Å². The smallest absolute Gasteiger partial charge is 0.0998 e. The fourth-order valence-electron chi connectivity index (χ4n) is 8.55. The lowest BCUT2D eigenvalue weighted by atomic mass is 9.84. The molecule has 0 amide bonds. The molecule has 0 spiro atoms. The lowest BCUT2D eigenvalue weighted by Crippen LogP contribution is -1.96. The number of rotatable bonds is 5. The summed E-state index contributed by atoms with van der Waals surface area (Å²) < 4.78 is 2.30. The third-order valence-electron chi connectivity index (χ3n) is 10.8. The van der Waals surface area contributed by atoms with Gasteiger partial charge in [-0.1, -0.05) is 140 Å². The average Bonchev–Trinajstić information content (AvgIpc) is 3.59. The van der Waals surface area contributed by atoms with Crippen LogP contribution in [0.2, 0.25) is 0 Å². The molecule has 0 bridgehead atoms. The number of benzene rings is 9. The van der Waals surface area contributed by atoms with Gasteiger partial charge in [0.1, 0.15) is 0 Å². The van der Waals surface area contributed by atoms with E-state index in [9.17, 15) is 10.5 Å². The first-order valence-electron chi connectivity index (χ1n) is 18.4. The van der Waals surface area contributed by atoms with Gasteiger partial charge in [-0.2, -0.15) is 10.5 Å². The van der Waals surface area contributed by atoms with E-state index >= 15 is 0 Å². The van der Waals surface area contributed by atoms with E-state index in [1.54, 1.807) is 0 Å². The van der Waals surface area contributed by atoms with Crippen LogP contribution in [0.5, 0.6) is 0 Å². The highest BCUT2D eigenvalue weighted by atomic mass is 15.0. The molecule has 3 nitrogen and oxygen atoms in total.